The highest BCUT2D eigenvalue weighted by Crippen LogP contribution is 2.15. The Bertz CT molecular complexity index is 228. The fourth-order valence-corrected chi connectivity index (χ4v) is 2.43. The fourth-order valence-electron chi connectivity index (χ4n) is 2.43. The van der Waals surface area contributed by atoms with Crippen LogP contribution in [0.2, 0.25) is 0 Å². The smallest absolute Gasteiger partial charge is 0.332 e. The van der Waals surface area contributed by atoms with Gasteiger partial charge in [-0.1, -0.05) is 78.1 Å². The summed E-state index contributed by atoms with van der Waals surface area (Å²) in [6.45, 7) is 4.60. The zero-order valence-electron chi connectivity index (χ0n) is 13.7. The average Bonchev–Trinajstić information content (AvgIpc) is 2.44. The van der Waals surface area contributed by atoms with Crippen LogP contribution in [0.1, 0.15) is 84.5 Å². The molecule has 0 aliphatic rings. The van der Waals surface area contributed by atoms with Crippen LogP contribution >= 0.6 is 0 Å². The van der Waals surface area contributed by atoms with Crippen LogP contribution in [-0.4, -0.2) is 24.3 Å². The second-order valence-corrected chi connectivity index (χ2v) is 5.98. The molecular weight excluding hydrogens is 252 g/mol. The molecule has 3 nitrogen and oxygen atoms in total. The molecule has 0 aromatic heterocycles. The highest BCUT2D eigenvalue weighted by molar-refractivity contribution is 5.72. The molecule has 0 amide bonds. The molecule has 0 aliphatic carbocycles. The van der Waals surface area contributed by atoms with Gasteiger partial charge in [-0.05, 0) is 12.3 Å². The van der Waals surface area contributed by atoms with E-state index >= 15 is 0 Å². The number of carbonyl (C=O) groups is 1. The maximum Gasteiger partial charge on any atom is 0.332 e. The minimum atomic E-state index is -0.839. The van der Waals surface area contributed by atoms with E-state index in [0.29, 0.717) is 6.42 Å². The van der Waals surface area contributed by atoms with Crippen LogP contribution in [0.25, 0.3) is 0 Å². The molecule has 2 atom stereocenters. The highest BCUT2D eigenvalue weighted by atomic mass is 16.5. The van der Waals surface area contributed by atoms with Crippen molar-refractivity contribution in [3.63, 3.8) is 0 Å². The molecule has 2 unspecified atom stereocenters. The first-order chi connectivity index (χ1) is 9.61. The number of carboxylic acids is 1. The first-order valence-corrected chi connectivity index (χ1v) is 8.37. The predicted octanol–water partition coefficient (Wildman–Crippen LogP) is 5.03. The van der Waals surface area contributed by atoms with Crippen LogP contribution in [0.5, 0.6) is 0 Å². The van der Waals surface area contributed by atoms with Gasteiger partial charge in [0.2, 0.25) is 0 Å². The number of hydrogen-bond acceptors (Lipinski definition) is 2. The molecule has 20 heavy (non-hydrogen) atoms. The molecule has 0 aliphatic heterocycles. The monoisotopic (exact) mass is 286 g/mol. The number of carboxylic acid groups (broad SMARTS) is 1. The molecule has 0 fully saturated rings. The summed E-state index contributed by atoms with van der Waals surface area (Å²) >= 11 is 0. The normalized spacial score (nSPS) is 14.2. The molecule has 3 heteroatoms. The largest absolute Gasteiger partial charge is 0.479 e. The Kier molecular flexibility index (Phi) is 13.0. The lowest BCUT2D eigenvalue weighted by molar-refractivity contribution is -0.148. The van der Waals surface area contributed by atoms with Gasteiger partial charge in [0.1, 0.15) is 0 Å². The third-order valence-corrected chi connectivity index (χ3v) is 4.17. The van der Waals surface area contributed by atoms with Crippen LogP contribution < -0.4 is 0 Å². The number of rotatable bonds is 14. The summed E-state index contributed by atoms with van der Waals surface area (Å²) < 4.78 is 4.91. The summed E-state index contributed by atoms with van der Waals surface area (Å²) in [6, 6.07) is 0. The van der Waals surface area contributed by atoms with Crippen LogP contribution in [0.3, 0.4) is 0 Å². The van der Waals surface area contributed by atoms with Gasteiger partial charge in [-0.15, -0.1) is 0 Å². The maximum absolute atomic E-state index is 10.7. The summed E-state index contributed by atoms with van der Waals surface area (Å²) in [4.78, 5) is 10.7. The number of methoxy groups -OCH3 is 1. The number of aliphatic carboxylic acids is 1. The van der Waals surface area contributed by atoms with E-state index in [-0.39, 0.29) is 0 Å². The van der Waals surface area contributed by atoms with E-state index in [1.54, 1.807) is 0 Å². The topological polar surface area (TPSA) is 46.5 Å². The van der Waals surface area contributed by atoms with Crippen LogP contribution in [-0.2, 0) is 9.53 Å². The Balaban J connectivity index is 3.23. The first kappa shape index (κ1) is 19.4. The van der Waals surface area contributed by atoms with Crippen molar-refractivity contribution in [3.8, 4) is 0 Å². The lowest BCUT2D eigenvalue weighted by Gasteiger charge is -2.09. The van der Waals surface area contributed by atoms with E-state index in [2.05, 4.69) is 13.8 Å². The first-order valence-electron chi connectivity index (χ1n) is 8.37. The third-order valence-electron chi connectivity index (χ3n) is 4.17. The van der Waals surface area contributed by atoms with Gasteiger partial charge in [-0.2, -0.15) is 0 Å². The van der Waals surface area contributed by atoms with Gasteiger partial charge in [0.15, 0.2) is 6.10 Å². The summed E-state index contributed by atoms with van der Waals surface area (Å²) in [5.74, 6) is 0.0479. The van der Waals surface area contributed by atoms with Gasteiger partial charge in [0, 0.05) is 7.11 Å². The molecule has 0 rings (SSSR count). The van der Waals surface area contributed by atoms with Crippen molar-refractivity contribution in [3.05, 3.63) is 0 Å². The molecule has 0 spiro atoms. The molecule has 0 heterocycles. The Morgan fingerprint density at radius 1 is 0.950 bits per heavy atom. The summed E-state index contributed by atoms with van der Waals surface area (Å²) in [5.41, 5.74) is 0. The van der Waals surface area contributed by atoms with Gasteiger partial charge in [0.25, 0.3) is 0 Å². The Labute approximate surface area is 125 Å². The van der Waals surface area contributed by atoms with E-state index in [1.807, 2.05) is 0 Å². The van der Waals surface area contributed by atoms with Gasteiger partial charge >= 0.3 is 5.97 Å². The zero-order chi connectivity index (χ0) is 15.2. The van der Waals surface area contributed by atoms with Crippen molar-refractivity contribution in [1.82, 2.24) is 0 Å². The summed E-state index contributed by atoms with van der Waals surface area (Å²) in [5, 5.41) is 8.83. The van der Waals surface area contributed by atoms with E-state index in [1.165, 1.54) is 58.5 Å². The van der Waals surface area contributed by atoms with E-state index in [9.17, 15) is 4.79 Å². The fraction of sp³-hybridized carbons (Fsp3) is 0.941. The molecule has 0 aromatic carbocycles. The van der Waals surface area contributed by atoms with Gasteiger partial charge in [0.05, 0.1) is 0 Å². The second kappa shape index (κ2) is 13.4. The minimum Gasteiger partial charge on any atom is -0.479 e. The molecule has 0 saturated heterocycles. The molecule has 0 saturated carbocycles. The summed E-state index contributed by atoms with van der Waals surface area (Å²) in [6.07, 6.45) is 12.7. The van der Waals surface area contributed by atoms with Gasteiger partial charge in [-0.25, -0.2) is 4.79 Å². The average molecular weight is 286 g/mol. The Morgan fingerprint density at radius 3 is 1.80 bits per heavy atom. The van der Waals surface area contributed by atoms with Crippen molar-refractivity contribution in [1.29, 1.82) is 0 Å². The molecule has 1 N–H and O–H groups in total. The molecule has 120 valence electrons. The van der Waals surface area contributed by atoms with Crippen molar-refractivity contribution < 1.29 is 14.6 Å². The van der Waals surface area contributed by atoms with Crippen molar-refractivity contribution in [2.75, 3.05) is 7.11 Å². The van der Waals surface area contributed by atoms with Crippen molar-refractivity contribution in [2.45, 2.75) is 90.6 Å². The number of ether oxygens (including phenoxy) is 1. The van der Waals surface area contributed by atoms with Crippen molar-refractivity contribution >= 4 is 5.97 Å². The van der Waals surface area contributed by atoms with Crippen LogP contribution in [0, 0.1) is 5.92 Å². The lowest BCUT2D eigenvalue weighted by atomic mass is 9.99. The van der Waals surface area contributed by atoms with Crippen LogP contribution in [0.4, 0.5) is 0 Å². The van der Waals surface area contributed by atoms with E-state index < -0.39 is 12.1 Å². The number of hydrogen-bond donors (Lipinski definition) is 1. The van der Waals surface area contributed by atoms with Gasteiger partial charge < -0.3 is 9.84 Å². The Morgan fingerprint density at radius 2 is 1.40 bits per heavy atom. The maximum atomic E-state index is 10.7. The van der Waals surface area contributed by atoms with Gasteiger partial charge in [-0.3, -0.25) is 0 Å². The minimum absolute atomic E-state index is 0.615. The van der Waals surface area contributed by atoms with Crippen LogP contribution in [0.15, 0.2) is 0 Å². The quantitative estimate of drug-likeness (QED) is 0.455. The lowest BCUT2D eigenvalue weighted by Crippen LogP contribution is -2.21. The molecular formula is C17H34O3. The summed E-state index contributed by atoms with van der Waals surface area (Å²) in [7, 11) is 1.47. The Hall–Kier alpha value is -0.570. The third kappa shape index (κ3) is 11.3. The zero-order valence-corrected chi connectivity index (χ0v) is 13.7. The van der Waals surface area contributed by atoms with Crippen molar-refractivity contribution in [2.24, 2.45) is 5.92 Å². The molecule has 0 bridgehead atoms. The molecule has 0 aromatic rings. The molecule has 0 radical (unpaired) electrons. The standard InChI is InChI=1S/C17H34O3/c1-4-15(2)13-11-9-7-5-6-8-10-12-14-16(20-3)17(18)19/h15-16H,4-14H2,1-3H3,(H,18,19). The van der Waals surface area contributed by atoms with E-state index in [4.69, 9.17) is 9.84 Å². The van der Waals surface area contributed by atoms with E-state index in [0.717, 1.165) is 18.8 Å². The second-order valence-electron chi connectivity index (χ2n) is 5.98. The number of unbranched alkanes of at least 4 members (excludes halogenated alkanes) is 7. The SMILES string of the molecule is CCC(C)CCCCCCCCCCC(OC)C(=O)O. The highest BCUT2D eigenvalue weighted by Gasteiger charge is 2.14. The predicted molar refractivity (Wildman–Crippen MR) is 84.1 cm³/mol.